The summed E-state index contributed by atoms with van der Waals surface area (Å²) in [6.07, 6.45) is 3.83. The minimum atomic E-state index is -1.51. The Bertz CT molecular complexity index is 1680. The molecule has 0 radical (unpaired) electrons. The maximum absolute atomic E-state index is 14.6. The third-order valence-electron chi connectivity index (χ3n) is 8.32. The van der Waals surface area contributed by atoms with Crippen LogP contribution in [0.5, 0.6) is 0 Å². The molecule has 3 atom stereocenters. The molecular formula is C33H21BrClNO3. The first-order valence-electron chi connectivity index (χ1n) is 12.7. The molecule has 4 aromatic carbocycles. The van der Waals surface area contributed by atoms with Gasteiger partial charge in [-0.2, -0.15) is 0 Å². The Balaban J connectivity index is 1.55. The molecule has 4 aromatic rings. The maximum Gasteiger partial charge on any atom is 0.185 e. The number of nitrogens with zero attached hydrogens (tertiary/aromatic N) is 1. The number of hydrogen-bond donors (Lipinski definition) is 0. The van der Waals surface area contributed by atoms with Crippen LogP contribution in [0.15, 0.2) is 108 Å². The number of fused-ring (bicyclic) bond motifs is 5. The van der Waals surface area contributed by atoms with Gasteiger partial charge in [-0.3, -0.25) is 14.4 Å². The second kappa shape index (κ2) is 8.87. The molecule has 39 heavy (non-hydrogen) atoms. The molecule has 2 heterocycles. The Kier molecular flexibility index (Phi) is 5.51. The van der Waals surface area contributed by atoms with Crippen LogP contribution in [0.1, 0.15) is 48.1 Å². The molecule has 1 fully saturated rings. The van der Waals surface area contributed by atoms with E-state index in [0.717, 1.165) is 21.3 Å². The summed E-state index contributed by atoms with van der Waals surface area (Å²) in [5, 5.41) is 0.571. The normalized spacial score (nSPS) is 22.1. The van der Waals surface area contributed by atoms with Gasteiger partial charge < -0.3 is 4.90 Å². The number of Topliss-reactive ketones (excluding diaryl/α,β-unsaturated/α-hetero) is 3. The standard InChI is InChI=1S/C33H21BrClNO3/c34-22-13-10-19(11-14-22)28-29(30(37)20-6-2-1-3-7-20)36-26-16-15-23(35)18-21(26)12-17-27(36)33(28)31(38)24-8-4-5-9-25(24)32(33)39/h1-18,27-29H/t27-,28-,29-/m1/s1. The lowest BCUT2D eigenvalue weighted by Crippen LogP contribution is -2.48. The highest BCUT2D eigenvalue weighted by Crippen LogP contribution is 2.61. The van der Waals surface area contributed by atoms with E-state index in [1.54, 1.807) is 42.5 Å². The molecule has 1 spiro atoms. The minimum Gasteiger partial charge on any atom is -0.352 e. The molecule has 190 valence electrons. The smallest absolute Gasteiger partial charge is 0.185 e. The van der Waals surface area contributed by atoms with Gasteiger partial charge in [0.1, 0.15) is 11.5 Å². The van der Waals surface area contributed by atoms with E-state index in [9.17, 15) is 14.4 Å². The van der Waals surface area contributed by atoms with Gasteiger partial charge in [-0.05, 0) is 41.5 Å². The van der Waals surface area contributed by atoms with Crippen molar-refractivity contribution in [3.8, 4) is 0 Å². The Morgan fingerprint density at radius 1 is 0.821 bits per heavy atom. The van der Waals surface area contributed by atoms with Gasteiger partial charge in [-0.25, -0.2) is 0 Å². The van der Waals surface area contributed by atoms with Crippen LogP contribution in [0.2, 0.25) is 5.02 Å². The summed E-state index contributed by atoms with van der Waals surface area (Å²) in [5.74, 6) is -1.35. The average molecular weight is 595 g/mol. The predicted molar refractivity (Wildman–Crippen MR) is 156 cm³/mol. The van der Waals surface area contributed by atoms with Crippen molar-refractivity contribution in [3.63, 3.8) is 0 Å². The van der Waals surface area contributed by atoms with E-state index >= 15 is 0 Å². The number of hydrogen-bond acceptors (Lipinski definition) is 4. The van der Waals surface area contributed by atoms with Gasteiger partial charge >= 0.3 is 0 Å². The van der Waals surface area contributed by atoms with Gasteiger partial charge in [-0.15, -0.1) is 0 Å². The van der Waals surface area contributed by atoms with E-state index in [4.69, 9.17) is 11.6 Å². The molecule has 1 aliphatic carbocycles. The maximum atomic E-state index is 14.6. The molecule has 2 aliphatic heterocycles. The van der Waals surface area contributed by atoms with Gasteiger partial charge in [0.2, 0.25) is 0 Å². The summed E-state index contributed by atoms with van der Waals surface area (Å²) in [4.78, 5) is 45.7. The van der Waals surface area contributed by atoms with Gasteiger partial charge in [-0.1, -0.05) is 106 Å². The number of benzene rings is 4. The van der Waals surface area contributed by atoms with Gasteiger partial charge in [0.25, 0.3) is 0 Å². The predicted octanol–water partition coefficient (Wildman–Crippen LogP) is 7.42. The van der Waals surface area contributed by atoms with Gasteiger partial charge in [0.05, 0.1) is 6.04 Å². The van der Waals surface area contributed by atoms with Crippen LogP contribution < -0.4 is 4.90 Å². The quantitative estimate of drug-likeness (QED) is 0.183. The number of halogens is 2. The fraction of sp³-hybridized carbons (Fsp3) is 0.121. The largest absolute Gasteiger partial charge is 0.352 e. The fourth-order valence-corrected chi connectivity index (χ4v) is 7.21. The molecule has 0 N–H and O–H groups in total. The van der Waals surface area contributed by atoms with Crippen LogP contribution >= 0.6 is 27.5 Å². The van der Waals surface area contributed by atoms with Crippen molar-refractivity contribution in [1.82, 2.24) is 0 Å². The zero-order valence-electron chi connectivity index (χ0n) is 20.6. The van der Waals surface area contributed by atoms with Gasteiger partial charge in [0.15, 0.2) is 17.3 Å². The number of carbonyl (C=O) groups is 3. The minimum absolute atomic E-state index is 0.141. The number of carbonyl (C=O) groups excluding carboxylic acids is 3. The van der Waals surface area contributed by atoms with Crippen molar-refractivity contribution in [2.24, 2.45) is 5.41 Å². The molecule has 6 heteroatoms. The van der Waals surface area contributed by atoms with Crippen LogP contribution in [-0.4, -0.2) is 29.4 Å². The van der Waals surface area contributed by atoms with Crippen LogP contribution in [0.25, 0.3) is 6.08 Å². The Labute approximate surface area is 239 Å². The number of rotatable bonds is 3. The Hall–Kier alpha value is -3.80. The van der Waals surface area contributed by atoms with Crippen LogP contribution in [0.4, 0.5) is 5.69 Å². The summed E-state index contributed by atoms with van der Waals surface area (Å²) >= 11 is 9.86. The molecular weight excluding hydrogens is 574 g/mol. The van der Waals surface area contributed by atoms with Crippen molar-refractivity contribution in [1.29, 1.82) is 0 Å². The fourth-order valence-electron chi connectivity index (χ4n) is 6.76. The first-order valence-corrected chi connectivity index (χ1v) is 13.9. The second-order valence-electron chi connectivity index (χ2n) is 10.2. The average Bonchev–Trinajstić information content (AvgIpc) is 3.39. The van der Waals surface area contributed by atoms with E-state index in [1.165, 1.54) is 0 Å². The SMILES string of the molecule is O=C(c1ccccc1)[C@H]1[C@@H](c2ccc(Br)cc2)C2(C(=O)c3ccccc3C2=O)[C@H]2C=Cc3cc(Cl)ccc3N12. The van der Waals surface area contributed by atoms with E-state index < -0.39 is 23.4 Å². The van der Waals surface area contributed by atoms with Crippen LogP contribution in [-0.2, 0) is 0 Å². The number of ketones is 3. The topological polar surface area (TPSA) is 54.5 Å². The van der Waals surface area contributed by atoms with Crippen LogP contribution in [0.3, 0.4) is 0 Å². The summed E-state index contributed by atoms with van der Waals surface area (Å²) in [6.45, 7) is 0. The summed E-state index contributed by atoms with van der Waals surface area (Å²) < 4.78 is 0.870. The molecule has 7 rings (SSSR count). The second-order valence-corrected chi connectivity index (χ2v) is 11.5. The highest BCUT2D eigenvalue weighted by Gasteiger charge is 2.71. The highest BCUT2D eigenvalue weighted by molar-refractivity contribution is 9.10. The van der Waals surface area contributed by atoms with E-state index in [0.29, 0.717) is 21.7 Å². The van der Waals surface area contributed by atoms with E-state index in [-0.39, 0.29) is 17.3 Å². The van der Waals surface area contributed by atoms with E-state index in [1.807, 2.05) is 71.6 Å². The zero-order chi connectivity index (χ0) is 26.9. The first kappa shape index (κ1) is 24.3. The Morgan fingerprint density at radius 2 is 1.46 bits per heavy atom. The molecule has 0 bridgehead atoms. The molecule has 0 saturated carbocycles. The van der Waals surface area contributed by atoms with Crippen molar-refractivity contribution >= 4 is 56.6 Å². The number of anilines is 1. The Morgan fingerprint density at radius 3 is 2.13 bits per heavy atom. The van der Waals surface area contributed by atoms with Crippen molar-refractivity contribution in [2.75, 3.05) is 4.90 Å². The van der Waals surface area contributed by atoms with Crippen molar-refractivity contribution in [3.05, 3.63) is 140 Å². The summed E-state index contributed by atoms with van der Waals surface area (Å²) in [7, 11) is 0. The molecule has 1 saturated heterocycles. The third-order valence-corrected chi connectivity index (χ3v) is 9.09. The van der Waals surface area contributed by atoms with Crippen molar-refractivity contribution in [2.45, 2.75) is 18.0 Å². The molecule has 3 aliphatic rings. The third kappa shape index (κ3) is 3.33. The lowest BCUT2D eigenvalue weighted by molar-refractivity contribution is 0.0666. The molecule has 4 nitrogen and oxygen atoms in total. The monoisotopic (exact) mass is 593 g/mol. The summed E-state index contributed by atoms with van der Waals surface area (Å²) in [5.41, 5.74) is 2.21. The lowest BCUT2D eigenvalue weighted by atomic mass is 9.64. The van der Waals surface area contributed by atoms with E-state index in [2.05, 4.69) is 15.9 Å². The molecule has 0 amide bonds. The highest BCUT2D eigenvalue weighted by atomic mass is 79.9. The first-order chi connectivity index (χ1) is 18.9. The zero-order valence-corrected chi connectivity index (χ0v) is 22.9. The molecule has 0 aromatic heterocycles. The summed E-state index contributed by atoms with van der Waals surface area (Å²) in [6, 6.07) is 27.8. The molecule has 0 unspecified atom stereocenters. The van der Waals surface area contributed by atoms with Crippen molar-refractivity contribution < 1.29 is 14.4 Å². The van der Waals surface area contributed by atoms with Crippen LogP contribution in [0, 0.1) is 5.41 Å². The lowest BCUT2D eigenvalue weighted by Gasteiger charge is -2.37. The van der Waals surface area contributed by atoms with Gasteiger partial charge in [0, 0.05) is 37.8 Å².